The summed E-state index contributed by atoms with van der Waals surface area (Å²) in [6.07, 6.45) is 1.50. The maximum Gasteiger partial charge on any atom is 0.243 e. The second kappa shape index (κ2) is 6.42. The lowest BCUT2D eigenvalue weighted by atomic mass is 10.1. The van der Waals surface area contributed by atoms with Crippen molar-refractivity contribution in [1.29, 1.82) is 5.26 Å². The van der Waals surface area contributed by atoms with Gasteiger partial charge in [-0.05, 0) is 44.0 Å². The minimum absolute atomic E-state index is 0.290. The maximum absolute atomic E-state index is 8.97. The summed E-state index contributed by atoms with van der Waals surface area (Å²) < 4.78 is 5.82. The summed E-state index contributed by atoms with van der Waals surface area (Å²) in [5.74, 6) is 1.40. The molecule has 1 aromatic heterocycles. The van der Waals surface area contributed by atoms with Crippen LogP contribution in [0.2, 0.25) is 5.02 Å². The molecule has 0 amide bonds. The first-order valence-corrected chi connectivity index (χ1v) is 6.88. The van der Waals surface area contributed by atoms with Crippen LogP contribution in [0.1, 0.15) is 23.6 Å². The van der Waals surface area contributed by atoms with Crippen LogP contribution in [-0.2, 0) is 0 Å². The molecule has 0 unspecified atom stereocenters. The van der Waals surface area contributed by atoms with Crippen molar-refractivity contribution in [2.75, 3.05) is 11.9 Å². The van der Waals surface area contributed by atoms with Crippen molar-refractivity contribution in [2.24, 2.45) is 0 Å². The second-order valence-electron chi connectivity index (χ2n) is 4.53. The Labute approximate surface area is 128 Å². The number of nitrogens with one attached hydrogen (secondary N) is 1. The third-order valence-electron chi connectivity index (χ3n) is 2.83. The van der Waals surface area contributed by atoms with E-state index < -0.39 is 0 Å². The predicted octanol–water partition coefficient (Wildman–Crippen LogP) is 3.84. The molecule has 0 fully saturated rings. The molecule has 0 saturated heterocycles. The molecule has 108 valence electrons. The molecule has 5 nitrogen and oxygen atoms in total. The molecule has 21 heavy (non-hydrogen) atoms. The van der Waals surface area contributed by atoms with Gasteiger partial charge < -0.3 is 10.1 Å². The Kier molecular flexibility index (Phi) is 4.61. The number of nitrogens with zero attached hydrogens (tertiary/aromatic N) is 3. The zero-order chi connectivity index (χ0) is 15.4. The number of hydrogen-bond acceptors (Lipinski definition) is 5. The molecule has 0 atom stereocenters. The summed E-state index contributed by atoms with van der Waals surface area (Å²) in [6.45, 7) is 6.41. The Morgan fingerprint density at radius 1 is 1.33 bits per heavy atom. The lowest BCUT2D eigenvalue weighted by molar-refractivity contribution is 0.455. The summed E-state index contributed by atoms with van der Waals surface area (Å²) in [7, 11) is 0. The van der Waals surface area contributed by atoms with Crippen LogP contribution in [-0.4, -0.2) is 16.5 Å². The molecule has 1 heterocycles. The normalized spacial score (nSPS) is 10.0. The van der Waals surface area contributed by atoms with Gasteiger partial charge in [-0.25, -0.2) is 4.98 Å². The lowest BCUT2D eigenvalue weighted by Crippen LogP contribution is -2.03. The highest BCUT2D eigenvalue weighted by atomic mass is 35.5. The molecular weight excluding hydrogens is 288 g/mol. The van der Waals surface area contributed by atoms with Crippen LogP contribution >= 0.6 is 11.6 Å². The van der Waals surface area contributed by atoms with Crippen LogP contribution in [0.15, 0.2) is 18.3 Å². The van der Waals surface area contributed by atoms with Crippen LogP contribution in [0, 0.1) is 25.2 Å². The van der Waals surface area contributed by atoms with Gasteiger partial charge in [-0.15, -0.1) is 0 Å². The Morgan fingerprint density at radius 3 is 2.57 bits per heavy atom. The van der Waals surface area contributed by atoms with Gasteiger partial charge in [-0.2, -0.15) is 10.2 Å². The third kappa shape index (κ3) is 3.41. The van der Waals surface area contributed by atoms with Gasteiger partial charge in [0.1, 0.15) is 10.8 Å². The van der Waals surface area contributed by atoms with Gasteiger partial charge in [-0.1, -0.05) is 11.6 Å². The van der Waals surface area contributed by atoms with E-state index in [4.69, 9.17) is 21.6 Å². The summed E-state index contributed by atoms with van der Waals surface area (Å²) >= 11 is 6.08. The Bertz CT molecular complexity index is 686. The first-order chi connectivity index (χ1) is 10.0. The minimum atomic E-state index is 0.290. The molecule has 6 heteroatoms. The maximum atomic E-state index is 8.97. The van der Waals surface area contributed by atoms with E-state index in [0.717, 1.165) is 11.1 Å². The smallest absolute Gasteiger partial charge is 0.243 e. The molecule has 0 saturated carbocycles. The zero-order valence-electron chi connectivity index (χ0n) is 12.1. The molecular formula is C15H15ClN4O. The topological polar surface area (TPSA) is 70.8 Å². The molecule has 0 aliphatic heterocycles. The van der Waals surface area contributed by atoms with Gasteiger partial charge in [0.25, 0.3) is 0 Å². The number of hydrogen-bond donors (Lipinski definition) is 1. The number of aryl methyl sites for hydroxylation is 2. The number of anilines is 1. The minimum Gasteiger partial charge on any atom is -0.437 e. The molecule has 0 aliphatic rings. The van der Waals surface area contributed by atoms with Crippen molar-refractivity contribution < 1.29 is 4.74 Å². The van der Waals surface area contributed by atoms with Crippen LogP contribution in [0.3, 0.4) is 0 Å². The average molecular weight is 303 g/mol. The van der Waals surface area contributed by atoms with E-state index in [1.807, 2.05) is 20.8 Å². The fourth-order valence-corrected chi connectivity index (χ4v) is 2.07. The van der Waals surface area contributed by atoms with Gasteiger partial charge in [0.15, 0.2) is 0 Å². The molecule has 0 radical (unpaired) electrons. The molecule has 1 N–H and O–H groups in total. The molecule has 1 aromatic carbocycles. The quantitative estimate of drug-likeness (QED) is 0.929. The number of ether oxygens (including phenoxy) is 1. The average Bonchev–Trinajstić information content (AvgIpc) is 2.46. The van der Waals surface area contributed by atoms with Gasteiger partial charge in [0.2, 0.25) is 11.8 Å². The van der Waals surface area contributed by atoms with Crippen molar-refractivity contribution in [1.82, 2.24) is 9.97 Å². The van der Waals surface area contributed by atoms with Crippen molar-refractivity contribution in [2.45, 2.75) is 20.8 Å². The fraction of sp³-hybridized carbons (Fsp3) is 0.267. The lowest BCUT2D eigenvalue weighted by Gasteiger charge is -2.13. The van der Waals surface area contributed by atoms with Crippen LogP contribution in [0.4, 0.5) is 5.95 Å². The zero-order valence-corrected chi connectivity index (χ0v) is 12.8. The summed E-state index contributed by atoms with van der Waals surface area (Å²) in [6, 6.07) is 5.65. The van der Waals surface area contributed by atoms with E-state index in [9.17, 15) is 0 Å². The number of halogens is 1. The van der Waals surface area contributed by atoms with Crippen molar-refractivity contribution in [3.8, 4) is 17.7 Å². The highest BCUT2D eigenvalue weighted by Gasteiger charge is 2.12. The number of aromatic nitrogens is 2. The summed E-state index contributed by atoms with van der Waals surface area (Å²) in [5.41, 5.74) is 2.30. The van der Waals surface area contributed by atoms with E-state index in [0.29, 0.717) is 34.7 Å². The monoisotopic (exact) mass is 302 g/mol. The second-order valence-corrected chi connectivity index (χ2v) is 4.94. The van der Waals surface area contributed by atoms with E-state index in [1.54, 1.807) is 12.1 Å². The van der Waals surface area contributed by atoms with Gasteiger partial charge in [0, 0.05) is 6.54 Å². The Hall–Kier alpha value is -2.32. The number of nitriles is 1. The van der Waals surface area contributed by atoms with Crippen molar-refractivity contribution in [3.63, 3.8) is 0 Å². The third-order valence-corrected chi connectivity index (χ3v) is 3.09. The largest absolute Gasteiger partial charge is 0.437 e. The number of rotatable bonds is 4. The standard InChI is InChI=1S/C15H15ClN4O/c1-4-18-15-19-8-12(16)14(20-15)21-13-9(2)5-11(7-17)6-10(13)3/h5-6,8H,4H2,1-3H3,(H,18,19,20). The number of benzene rings is 1. The van der Waals surface area contributed by atoms with E-state index in [-0.39, 0.29) is 0 Å². The van der Waals surface area contributed by atoms with Crippen molar-refractivity contribution >= 4 is 17.5 Å². The fourth-order valence-electron chi connectivity index (χ4n) is 1.94. The van der Waals surface area contributed by atoms with Gasteiger partial charge in [0.05, 0.1) is 17.8 Å². The van der Waals surface area contributed by atoms with Crippen LogP contribution < -0.4 is 10.1 Å². The molecule has 2 aromatic rings. The first kappa shape index (κ1) is 15.1. The van der Waals surface area contributed by atoms with Crippen molar-refractivity contribution in [3.05, 3.63) is 40.0 Å². The highest BCUT2D eigenvalue weighted by molar-refractivity contribution is 6.31. The molecule has 0 aliphatic carbocycles. The molecule has 0 bridgehead atoms. The SMILES string of the molecule is CCNc1ncc(Cl)c(Oc2c(C)cc(C#N)cc2C)n1. The van der Waals surface area contributed by atoms with Crippen LogP contribution in [0.25, 0.3) is 0 Å². The van der Waals surface area contributed by atoms with E-state index in [1.165, 1.54) is 6.20 Å². The predicted molar refractivity (Wildman–Crippen MR) is 81.9 cm³/mol. The summed E-state index contributed by atoms with van der Waals surface area (Å²) in [4.78, 5) is 8.31. The molecule has 2 rings (SSSR count). The Morgan fingerprint density at radius 2 is 2.00 bits per heavy atom. The Balaban J connectivity index is 2.38. The summed E-state index contributed by atoms with van der Waals surface area (Å²) in [5, 5.41) is 12.3. The van der Waals surface area contributed by atoms with Gasteiger partial charge >= 0.3 is 0 Å². The first-order valence-electron chi connectivity index (χ1n) is 6.50. The van der Waals surface area contributed by atoms with E-state index >= 15 is 0 Å². The van der Waals surface area contributed by atoms with Gasteiger partial charge in [-0.3, -0.25) is 0 Å². The molecule has 0 spiro atoms. The van der Waals surface area contributed by atoms with E-state index in [2.05, 4.69) is 21.4 Å². The van der Waals surface area contributed by atoms with Crippen LogP contribution in [0.5, 0.6) is 11.6 Å². The highest BCUT2D eigenvalue weighted by Crippen LogP contribution is 2.32.